The fourth-order valence-electron chi connectivity index (χ4n) is 2.53. The van der Waals surface area contributed by atoms with Gasteiger partial charge in [-0.05, 0) is 31.0 Å². The zero-order valence-electron chi connectivity index (χ0n) is 11.2. The normalized spacial score (nSPS) is 17.6. The van der Waals surface area contributed by atoms with Crippen molar-refractivity contribution in [1.29, 1.82) is 0 Å². The van der Waals surface area contributed by atoms with Crippen LogP contribution in [0.1, 0.15) is 19.3 Å². The second kappa shape index (κ2) is 4.98. The molecular formula is C13H16N2O3S2. The quantitative estimate of drug-likeness (QED) is 0.849. The summed E-state index contributed by atoms with van der Waals surface area (Å²) in [7, 11) is -1.73. The molecule has 0 N–H and O–H groups in total. The van der Waals surface area contributed by atoms with Gasteiger partial charge in [-0.15, -0.1) is 0 Å². The molecule has 1 aromatic carbocycles. The Labute approximate surface area is 121 Å². The molecule has 1 aliphatic rings. The number of sulfonamides is 1. The fourth-order valence-corrected chi connectivity index (χ4v) is 5.07. The minimum atomic E-state index is -3.43. The van der Waals surface area contributed by atoms with Gasteiger partial charge in [-0.1, -0.05) is 17.8 Å². The second-order valence-corrected chi connectivity index (χ2v) is 7.95. The lowest BCUT2D eigenvalue weighted by Gasteiger charge is -2.25. The van der Waals surface area contributed by atoms with Crippen LogP contribution in [0.25, 0.3) is 10.2 Å². The van der Waals surface area contributed by atoms with Gasteiger partial charge in [-0.3, -0.25) is 4.79 Å². The lowest BCUT2D eigenvalue weighted by Crippen LogP contribution is -2.35. The lowest BCUT2D eigenvalue weighted by molar-refractivity contribution is 0.346. The second-order valence-electron chi connectivity index (χ2n) is 5.02. The Hall–Kier alpha value is -1.18. The lowest BCUT2D eigenvalue weighted by atomic mass is 10.2. The van der Waals surface area contributed by atoms with E-state index in [1.807, 2.05) is 0 Å². The molecule has 20 heavy (non-hydrogen) atoms. The van der Waals surface area contributed by atoms with Gasteiger partial charge in [0.1, 0.15) is 0 Å². The van der Waals surface area contributed by atoms with Gasteiger partial charge in [0.25, 0.3) is 0 Å². The zero-order valence-corrected chi connectivity index (χ0v) is 12.8. The van der Waals surface area contributed by atoms with Crippen LogP contribution in [0.2, 0.25) is 0 Å². The topological polar surface area (TPSA) is 59.4 Å². The summed E-state index contributed by atoms with van der Waals surface area (Å²) in [6.45, 7) is 1.18. The van der Waals surface area contributed by atoms with E-state index in [-0.39, 0.29) is 9.77 Å². The molecule has 0 bridgehead atoms. The molecule has 0 spiro atoms. The van der Waals surface area contributed by atoms with Crippen molar-refractivity contribution in [3.8, 4) is 0 Å². The highest BCUT2D eigenvalue weighted by Crippen LogP contribution is 2.25. The molecule has 3 rings (SSSR count). The van der Waals surface area contributed by atoms with E-state index >= 15 is 0 Å². The number of thiazole rings is 1. The van der Waals surface area contributed by atoms with E-state index in [0.717, 1.165) is 40.8 Å². The van der Waals surface area contributed by atoms with Crippen LogP contribution < -0.4 is 4.87 Å². The van der Waals surface area contributed by atoms with Gasteiger partial charge in [0.2, 0.25) is 10.0 Å². The fraction of sp³-hybridized carbons (Fsp3) is 0.462. The summed E-state index contributed by atoms with van der Waals surface area (Å²) in [6, 6.07) is 4.92. The van der Waals surface area contributed by atoms with Crippen LogP contribution in [0.4, 0.5) is 0 Å². The highest BCUT2D eigenvalue weighted by Gasteiger charge is 2.26. The molecule has 0 unspecified atom stereocenters. The first-order chi connectivity index (χ1) is 9.50. The molecule has 0 radical (unpaired) electrons. The number of piperidine rings is 1. The van der Waals surface area contributed by atoms with Gasteiger partial charge in [-0.25, -0.2) is 8.42 Å². The predicted octanol–water partition coefficient (Wildman–Crippen LogP) is 1.77. The first-order valence-corrected chi connectivity index (χ1v) is 8.85. The number of fused-ring (bicyclic) bond motifs is 1. The number of hydrogen-bond donors (Lipinski definition) is 0. The van der Waals surface area contributed by atoms with Crippen molar-refractivity contribution in [2.75, 3.05) is 13.1 Å². The van der Waals surface area contributed by atoms with Crippen LogP contribution in [0.5, 0.6) is 0 Å². The molecule has 0 aliphatic carbocycles. The molecular weight excluding hydrogens is 296 g/mol. The first kappa shape index (κ1) is 13.8. The van der Waals surface area contributed by atoms with Gasteiger partial charge in [0.15, 0.2) is 0 Å². The Morgan fingerprint density at radius 1 is 1.15 bits per heavy atom. The van der Waals surface area contributed by atoms with Crippen LogP contribution in [-0.4, -0.2) is 30.4 Å². The van der Waals surface area contributed by atoms with Crippen molar-refractivity contribution in [3.05, 3.63) is 27.9 Å². The molecule has 0 atom stereocenters. The SMILES string of the molecule is Cn1c(=O)sc2cc(S(=O)(=O)N3CCCCC3)ccc21. The van der Waals surface area contributed by atoms with Crippen LogP contribution in [0.15, 0.2) is 27.9 Å². The maximum Gasteiger partial charge on any atom is 0.307 e. The molecule has 2 heterocycles. The number of nitrogens with zero attached hydrogens (tertiary/aromatic N) is 2. The number of rotatable bonds is 2. The smallest absolute Gasteiger partial charge is 0.302 e. The van der Waals surface area contributed by atoms with Crippen molar-refractivity contribution in [2.45, 2.75) is 24.2 Å². The van der Waals surface area contributed by atoms with Gasteiger partial charge < -0.3 is 4.57 Å². The molecule has 1 fully saturated rings. The average molecular weight is 312 g/mol. The van der Waals surface area contributed by atoms with Crippen molar-refractivity contribution in [1.82, 2.24) is 8.87 Å². The van der Waals surface area contributed by atoms with E-state index in [4.69, 9.17) is 0 Å². The molecule has 0 amide bonds. The van der Waals surface area contributed by atoms with Gasteiger partial charge >= 0.3 is 4.87 Å². The van der Waals surface area contributed by atoms with Crippen LogP contribution in [0, 0.1) is 0 Å². The van der Waals surface area contributed by atoms with Crippen LogP contribution >= 0.6 is 11.3 Å². The van der Waals surface area contributed by atoms with Crippen LogP contribution in [-0.2, 0) is 17.1 Å². The molecule has 5 nitrogen and oxygen atoms in total. The first-order valence-electron chi connectivity index (χ1n) is 6.60. The van der Waals surface area contributed by atoms with E-state index in [0.29, 0.717) is 13.1 Å². The van der Waals surface area contributed by atoms with Gasteiger partial charge in [-0.2, -0.15) is 4.31 Å². The summed E-state index contributed by atoms with van der Waals surface area (Å²) in [5, 5.41) is 0. The summed E-state index contributed by atoms with van der Waals surface area (Å²) in [5.74, 6) is 0. The summed E-state index contributed by atoms with van der Waals surface area (Å²) < 4.78 is 28.9. The standard InChI is InChI=1S/C13H16N2O3S2/c1-14-11-6-5-10(9-12(11)19-13(14)16)20(17,18)15-7-3-2-4-8-15/h5-6,9H,2-4,7-8H2,1H3. The minimum absolute atomic E-state index is 0.0764. The number of hydrogen-bond acceptors (Lipinski definition) is 4. The molecule has 2 aromatic rings. The molecule has 0 saturated carbocycles. The van der Waals surface area contributed by atoms with E-state index in [1.54, 1.807) is 29.6 Å². The van der Waals surface area contributed by atoms with E-state index in [1.165, 1.54) is 4.57 Å². The van der Waals surface area contributed by atoms with E-state index in [9.17, 15) is 13.2 Å². The van der Waals surface area contributed by atoms with Crippen molar-refractivity contribution >= 4 is 31.6 Å². The third-order valence-corrected chi connectivity index (χ3v) is 6.61. The average Bonchev–Trinajstić information content (AvgIpc) is 2.74. The molecule has 1 saturated heterocycles. The predicted molar refractivity (Wildman–Crippen MR) is 79.7 cm³/mol. The maximum atomic E-state index is 12.6. The summed E-state index contributed by atoms with van der Waals surface area (Å²) in [4.78, 5) is 11.8. The summed E-state index contributed by atoms with van der Waals surface area (Å²) >= 11 is 1.08. The van der Waals surface area contributed by atoms with Crippen molar-refractivity contribution < 1.29 is 8.42 Å². The molecule has 1 aromatic heterocycles. The highest BCUT2D eigenvalue weighted by molar-refractivity contribution is 7.89. The largest absolute Gasteiger partial charge is 0.307 e. The monoisotopic (exact) mass is 312 g/mol. The summed E-state index contributed by atoms with van der Waals surface area (Å²) in [6.07, 6.45) is 2.92. The van der Waals surface area contributed by atoms with Gasteiger partial charge in [0, 0.05) is 20.1 Å². The van der Waals surface area contributed by atoms with Crippen molar-refractivity contribution in [2.24, 2.45) is 7.05 Å². The number of aromatic nitrogens is 1. The molecule has 1 aliphatic heterocycles. The Morgan fingerprint density at radius 3 is 2.55 bits per heavy atom. The van der Waals surface area contributed by atoms with Crippen molar-refractivity contribution in [3.63, 3.8) is 0 Å². The molecule has 108 valence electrons. The third kappa shape index (κ3) is 2.19. The van der Waals surface area contributed by atoms with E-state index in [2.05, 4.69) is 0 Å². The zero-order chi connectivity index (χ0) is 14.3. The van der Waals surface area contributed by atoms with Gasteiger partial charge in [0.05, 0.1) is 15.1 Å². The Kier molecular flexibility index (Phi) is 3.43. The third-order valence-electron chi connectivity index (χ3n) is 3.72. The minimum Gasteiger partial charge on any atom is -0.302 e. The summed E-state index contributed by atoms with van der Waals surface area (Å²) in [5.41, 5.74) is 0.776. The van der Waals surface area contributed by atoms with E-state index < -0.39 is 10.0 Å². The van der Waals surface area contributed by atoms with Crippen LogP contribution in [0.3, 0.4) is 0 Å². The highest BCUT2D eigenvalue weighted by atomic mass is 32.2. The number of benzene rings is 1. The Bertz CT molecular complexity index is 799. The Balaban J connectivity index is 2.07. The number of aryl methyl sites for hydroxylation is 1. The molecule has 7 heteroatoms. The maximum absolute atomic E-state index is 12.6. The Morgan fingerprint density at radius 2 is 1.85 bits per heavy atom.